The van der Waals surface area contributed by atoms with E-state index in [1.54, 1.807) is 6.07 Å². The predicted molar refractivity (Wildman–Crippen MR) is 71.6 cm³/mol. The van der Waals surface area contributed by atoms with Crippen LogP contribution in [0, 0.1) is 11.7 Å². The Morgan fingerprint density at radius 2 is 2.16 bits per heavy atom. The summed E-state index contributed by atoms with van der Waals surface area (Å²) in [5.74, 6) is -1.18. The second-order valence-corrected chi connectivity index (χ2v) is 5.33. The van der Waals surface area contributed by atoms with Gasteiger partial charge in [0.25, 0.3) is 0 Å². The van der Waals surface area contributed by atoms with Crippen molar-refractivity contribution in [3.8, 4) is 0 Å². The van der Waals surface area contributed by atoms with Crippen LogP contribution in [-0.4, -0.2) is 17.1 Å². The van der Waals surface area contributed by atoms with Crippen LogP contribution in [0.15, 0.2) is 18.2 Å². The van der Waals surface area contributed by atoms with Gasteiger partial charge in [-0.1, -0.05) is 18.9 Å². The number of rotatable bonds is 5. The first kappa shape index (κ1) is 14.0. The van der Waals surface area contributed by atoms with Crippen LogP contribution in [0.1, 0.15) is 48.5 Å². The van der Waals surface area contributed by atoms with Crippen molar-refractivity contribution in [2.45, 2.75) is 45.2 Å². The fraction of sp³-hybridized carbons (Fsp3) is 0.533. The Hall–Kier alpha value is -1.42. The fourth-order valence-electron chi connectivity index (χ4n) is 2.74. The molecule has 0 heterocycles. The molecule has 1 aromatic carbocycles. The van der Waals surface area contributed by atoms with E-state index in [4.69, 9.17) is 5.11 Å². The van der Waals surface area contributed by atoms with Crippen LogP contribution < -0.4 is 5.32 Å². The Morgan fingerprint density at radius 3 is 2.74 bits per heavy atom. The van der Waals surface area contributed by atoms with Crippen LogP contribution in [0.3, 0.4) is 0 Å². The molecule has 0 unspecified atom stereocenters. The minimum atomic E-state index is -1.23. The Labute approximate surface area is 112 Å². The van der Waals surface area contributed by atoms with Gasteiger partial charge in [0.15, 0.2) is 0 Å². The zero-order chi connectivity index (χ0) is 13.8. The van der Waals surface area contributed by atoms with Crippen molar-refractivity contribution in [1.29, 1.82) is 0 Å². The van der Waals surface area contributed by atoms with E-state index in [1.807, 2.05) is 0 Å². The molecule has 1 aromatic rings. The van der Waals surface area contributed by atoms with E-state index in [2.05, 4.69) is 12.2 Å². The SMILES string of the molecule is C[C@@H](NCc1ccc(C(=O)O)c(F)c1)C1CCCC1. The van der Waals surface area contributed by atoms with Gasteiger partial charge in [-0.3, -0.25) is 0 Å². The zero-order valence-electron chi connectivity index (χ0n) is 11.2. The summed E-state index contributed by atoms with van der Waals surface area (Å²) >= 11 is 0. The van der Waals surface area contributed by atoms with Crippen molar-refractivity contribution < 1.29 is 14.3 Å². The maximum Gasteiger partial charge on any atom is 0.338 e. The molecule has 1 atom stereocenters. The summed E-state index contributed by atoms with van der Waals surface area (Å²) in [4.78, 5) is 10.7. The van der Waals surface area contributed by atoms with Crippen LogP contribution in [0.5, 0.6) is 0 Å². The third-order valence-corrected chi connectivity index (χ3v) is 4.00. The Kier molecular flexibility index (Phi) is 4.53. The third-order valence-electron chi connectivity index (χ3n) is 4.00. The van der Waals surface area contributed by atoms with Gasteiger partial charge in [-0.2, -0.15) is 0 Å². The number of benzene rings is 1. The average Bonchev–Trinajstić information content (AvgIpc) is 2.89. The highest BCUT2D eigenvalue weighted by Gasteiger charge is 2.21. The second kappa shape index (κ2) is 6.15. The summed E-state index contributed by atoms with van der Waals surface area (Å²) in [7, 11) is 0. The van der Waals surface area contributed by atoms with Crippen LogP contribution >= 0.6 is 0 Å². The molecule has 0 spiro atoms. The summed E-state index contributed by atoms with van der Waals surface area (Å²) < 4.78 is 13.5. The van der Waals surface area contributed by atoms with Crippen molar-refractivity contribution in [1.82, 2.24) is 5.32 Å². The molecule has 2 rings (SSSR count). The van der Waals surface area contributed by atoms with Gasteiger partial charge in [0, 0.05) is 12.6 Å². The predicted octanol–water partition coefficient (Wildman–Crippen LogP) is 3.19. The highest BCUT2D eigenvalue weighted by Crippen LogP contribution is 2.27. The molecule has 1 saturated carbocycles. The first-order valence-electron chi connectivity index (χ1n) is 6.83. The minimum Gasteiger partial charge on any atom is -0.478 e. The van der Waals surface area contributed by atoms with Gasteiger partial charge in [0.2, 0.25) is 0 Å². The molecular weight excluding hydrogens is 245 g/mol. The second-order valence-electron chi connectivity index (χ2n) is 5.33. The molecule has 1 fully saturated rings. The van der Waals surface area contributed by atoms with Crippen molar-refractivity contribution >= 4 is 5.97 Å². The number of hydrogen-bond acceptors (Lipinski definition) is 2. The molecule has 4 heteroatoms. The summed E-state index contributed by atoms with van der Waals surface area (Å²) in [6.45, 7) is 2.74. The van der Waals surface area contributed by atoms with Gasteiger partial charge >= 0.3 is 5.97 Å². The van der Waals surface area contributed by atoms with Gasteiger partial charge in [-0.05, 0) is 43.4 Å². The molecular formula is C15H20FNO2. The summed E-state index contributed by atoms with van der Waals surface area (Å²) in [6.07, 6.45) is 5.14. The van der Waals surface area contributed by atoms with Gasteiger partial charge in [0.05, 0.1) is 5.56 Å². The third kappa shape index (κ3) is 3.53. The van der Waals surface area contributed by atoms with Crippen LogP contribution in [0.2, 0.25) is 0 Å². The number of carboxylic acids is 1. The van der Waals surface area contributed by atoms with Gasteiger partial charge in [-0.15, -0.1) is 0 Å². The number of carbonyl (C=O) groups is 1. The van der Waals surface area contributed by atoms with E-state index in [0.29, 0.717) is 18.5 Å². The van der Waals surface area contributed by atoms with Gasteiger partial charge in [-0.25, -0.2) is 9.18 Å². The van der Waals surface area contributed by atoms with E-state index in [1.165, 1.54) is 37.8 Å². The normalized spacial score (nSPS) is 17.6. The first-order chi connectivity index (χ1) is 9.08. The lowest BCUT2D eigenvalue weighted by Gasteiger charge is -2.20. The number of hydrogen-bond donors (Lipinski definition) is 2. The maximum absolute atomic E-state index is 13.5. The minimum absolute atomic E-state index is 0.271. The van der Waals surface area contributed by atoms with Crippen molar-refractivity contribution in [2.24, 2.45) is 5.92 Å². The Balaban J connectivity index is 1.92. The van der Waals surface area contributed by atoms with Crippen LogP contribution in [0.4, 0.5) is 4.39 Å². The van der Waals surface area contributed by atoms with E-state index in [9.17, 15) is 9.18 Å². The van der Waals surface area contributed by atoms with Gasteiger partial charge < -0.3 is 10.4 Å². The lowest BCUT2D eigenvalue weighted by atomic mass is 9.99. The maximum atomic E-state index is 13.5. The van der Waals surface area contributed by atoms with Crippen molar-refractivity contribution in [2.75, 3.05) is 0 Å². The van der Waals surface area contributed by atoms with Crippen LogP contribution in [0.25, 0.3) is 0 Å². The zero-order valence-corrected chi connectivity index (χ0v) is 11.2. The molecule has 1 aliphatic rings. The molecule has 0 saturated heterocycles. The van der Waals surface area contributed by atoms with E-state index in [-0.39, 0.29) is 5.56 Å². The van der Waals surface area contributed by atoms with Crippen molar-refractivity contribution in [3.05, 3.63) is 35.1 Å². The quantitative estimate of drug-likeness (QED) is 0.859. The molecule has 0 amide bonds. The molecule has 1 aliphatic carbocycles. The summed E-state index contributed by atoms with van der Waals surface area (Å²) in [5.41, 5.74) is 0.514. The fourth-order valence-corrected chi connectivity index (χ4v) is 2.74. The molecule has 0 aliphatic heterocycles. The monoisotopic (exact) mass is 265 g/mol. The van der Waals surface area contributed by atoms with Crippen LogP contribution in [-0.2, 0) is 6.54 Å². The number of aromatic carboxylic acids is 1. The standard InChI is InChI=1S/C15H20FNO2/c1-10(12-4-2-3-5-12)17-9-11-6-7-13(15(18)19)14(16)8-11/h6-8,10,12,17H,2-5,9H2,1H3,(H,18,19)/t10-/m1/s1. The average molecular weight is 265 g/mol. The largest absolute Gasteiger partial charge is 0.478 e. The van der Waals surface area contributed by atoms with E-state index in [0.717, 1.165) is 5.56 Å². The van der Waals surface area contributed by atoms with Crippen molar-refractivity contribution in [3.63, 3.8) is 0 Å². The molecule has 19 heavy (non-hydrogen) atoms. The topological polar surface area (TPSA) is 49.3 Å². The number of nitrogens with one attached hydrogen (secondary N) is 1. The first-order valence-corrected chi connectivity index (χ1v) is 6.83. The molecule has 104 valence electrons. The Bertz CT molecular complexity index is 455. The highest BCUT2D eigenvalue weighted by atomic mass is 19.1. The molecule has 3 nitrogen and oxygen atoms in total. The molecule has 2 N–H and O–H groups in total. The van der Waals surface area contributed by atoms with E-state index >= 15 is 0 Å². The molecule has 0 radical (unpaired) electrons. The lowest BCUT2D eigenvalue weighted by molar-refractivity contribution is 0.0692. The molecule has 0 aromatic heterocycles. The number of halogens is 1. The summed E-state index contributed by atoms with van der Waals surface area (Å²) in [6, 6.07) is 4.72. The van der Waals surface area contributed by atoms with Gasteiger partial charge in [0.1, 0.15) is 5.82 Å². The summed E-state index contributed by atoms with van der Waals surface area (Å²) in [5, 5.41) is 12.2. The molecule has 0 bridgehead atoms. The number of carboxylic acid groups (broad SMARTS) is 1. The Morgan fingerprint density at radius 1 is 1.47 bits per heavy atom. The smallest absolute Gasteiger partial charge is 0.338 e. The lowest BCUT2D eigenvalue weighted by Crippen LogP contribution is -2.31. The highest BCUT2D eigenvalue weighted by molar-refractivity contribution is 5.87. The van der Waals surface area contributed by atoms with E-state index < -0.39 is 11.8 Å².